The molecule has 0 spiro atoms. The number of benzene rings is 8. The van der Waals surface area contributed by atoms with Gasteiger partial charge in [0.1, 0.15) is 0 Å². The van der Waals surface area contributed by atoms with Gasteiger partial charge in [-0.05, 0) is 112 Å². The molecule has 58 heavy (non-hydrogen) atoms. The molecule has 278 valence electrons. The van der Waals surface area contributed by atoms with Crippen LogP contribution in [0.4, 0.5) is 0 Å². The van der Waals surface area contributed by atoms with Crippen molar-refractivity contribution in [2.24, 2.45) is 0 Å². The highest BCUT2D eigenvalue weighted by atomic mass is 15.0. The molecular formula is C56H44N2. The van der Waals surface area contributed by atoms with Gasteiger partial charge in [-0.2, -0.15) is 0 Å². The van der Waals surface area contributed by atoms with Crippen LogP contribution in [-0.4, -0.2) is 9.13 Å². The summed E-state index contributed by atoms with van der Waals surface area (Å²) in [6.45, 7) is 4.00. The highest BCUT2D eigenvalue weighted by Gasteiger charge is 2.20. The van der Waals surface area contributed by atoms with Gasteiger partial charge in [-0.3, -0.25) is 0 Å². The van der Waals surface area contributed by atoms with Crippen LogP contribution in [0.2, 0.25) is 0 Å². The number of fused-ring (bicyclic) bond motifs is 7. The van der Waals surface area contributed by atoms with Crippen LogP contribution in [-0.2, 0) is 0 Å². The topological polar surface area (TPSA) is 9.86 Å². The van der Waals surface area contributed by atoms with E-state index in [2.05, 4.69) is 215 Å². The summed E-state index contributed by atoms with van der Waals surface area (Å²) in [4.78, 5) is 0. The SMILES string of the molecule is C1=CC(c2ccc(-c3cccc(-n4c5ccccc5c5c6c7ccccc7n(-c7ccc(-c8cccc(-c9ccccc9)c8)cc7)c6ccc54)c3)cc2)=CCC1.CC. The second-order valence-corrected chi connectivity index (χ2v) is 14.8. The average Bonchev–Trinajstić information content (AvgIpc) is 3.83. The number of hydrogen-bond donors (Lipinski definition) is 0. The molecule has 2 aromatic heterocycles. The smallest absolute Gasteiger partial charge is 0.0548 e. The first kappa shape index (κ1) is 35.3. The lowest BCUT2D eigenvalue weighted by molar-refractivity contribution is 1.04. The van der Waals surface area contributed by atoms with Crippen molar-refractivity contribution < 1.29 is 0 Å². The van der Waals surface area contributed by atoms with Crippen LogP contribution in [0.5, 0.6) is 0 Å². The summed E-state index contributed by atoms with van der Waals surface area (Å²) < 4.78 is 4.88. The van der Waals surface area contributed by atoms with Gasteiger partial charge in [0.2, 0.25) is 0 Å². The Morgan fingerprint density at radius 2 is 0.828 bits per heavy atom. The summed E-state index contributed by atoms with van der Waals surface area (Å²) in [6, 6.07) is 68.9. The first-order valence-corrected chi connectivity index (χ1v) is 20.6. The summed E-state index contributed by atoms with van der Waals surface area (Å²) in [6.07, 6.45) is 9.10. The molecule has 2 heterocycles. The molecule has 8 aromatic carbocycles. The van der Waals surface area contributed by atoms with Crippen molar-refractivity contribution >= 4 is 49.2 Å². The normalized spacial score (nSPS) is 12.6. The van der Waals surface area contributed by atoms with E-state index in [9.17, 15) is 0 Å². The predicted molar refractivity (Wildman–Crippen MR) is 249 cm³/mol. The first-order chi connectivity index (χ1) is 28.8. The zero-order chi connectivity index (χ0) is 39.0. The highest BCUT2D eigenvalue weighted by Crippen LogP contribution is 2.43. The van der Waals surface area contributed by atoms with Gasteiger partial charge in [-0.25, -0.2) is 0 Å². The van der Waals surface area contributed by atoms with Crippen molar-refractivity contribution in [3.63, 3.8) is 0 Å². The maximum Gasteiger partial charge on any atom is 0.0548 e. The molecule has 2 nitrogen and oxygen atoms in total. The molecule has 0 fully saturated rings. The van der Waals surface area contributed by atoms with Crippen LogP contribution < -0.4 is 0 Å². The van der Waals surface area contributed by atoms with Gasteiger partial charge in [0.05, 0.1) is 22.1 Å². The minimum atomic E-state index is 1.11. The third-order valence-corrected chi connectivity index (χ3v) is 11.6. The lowest BCUT2D eigenvalue weighted by atomic mass is 9.97. The van der Waals surface area contributed by atoms with Crippen molar-refractivity contribution in [3.8, 4) is 44.8 Å². The third-order valence-electron chi connectivity index (χ3n) is 11.6. The van der Waals surface area contributed by atoms with Crippen LogP contribution >= 0.6 is 0 Å². The molecule has 0 amide bonds. The fourth-order valence-electron chi connectivity index (χ4n) is 8.89. The molecular weight excluding hydrogens is 701 g/mol. The van der Waals surface area contributed by atoms with E-state index in [1.807, 2.05) is 13.8 Å². The Bertz CT molecular complexity index is 3150. The molecule has 0 aliphatic heterocycles. The Labute approximate surface area is 340 Å². The Kier molecular flexibility index (Phi) is 9.16. The standard InChI is InChI=1S/C54H38N2.C2H6/c1-3-13-37(14-4-1)39-25-27-40(28-26-39)44-19-12-20-46(36-44)56-50-24-10-8-22-48(50)54-52(56)34-33-51-53(54)47-21-7-9-23-49(47)55(51)45-31-29-41(30-32-45)43-18-11-17-42(35-43)38-15-5-2-6-16-38;1-2/h2-3,5-36H,1,4H2;1-2H3. The van der Waals surface area contributed by atoms with E-state index in [0.29, 0.717) is 0 Å². The van der Waals surface area contributed by atoms with Crippen molar-refractivity contribution in [1.82, 2.24) is 9.13 Å². The minimum absolute atomic E-state index is 1.11. The lowest BCUT2D eigenvalue weighted by Gasteiger charge is -2.12. The molecule has 2 heteroatoms. The Morgan fingerprint density at radius 1 is 0.345 bits per heavy atom. The second-order valence-electron chi connectivity index (χ2n) is 14.8. The zero-order valence-electron chi connectivity index (χ0n) is 32.9. The molecule has 0 N–H and O–H groups in total. The summed E-state index contributed by atoms with van der Waals surface area (Å²) in [5.41, 5.74) is 17.0. The van der Waals surface area contributed by atoms with E-state index in [1.54, 1.807) is 0 Å². The second kappa shape index (κ2) is 15.1. The van der Waals surface area contributed by atoms with E-state index >= 15 is 0 Å². The van der Waals surface area contributed by atoms with Gasteiger partial charge in [-0.1, -0.05) is 166 Å². The van der Waals surface area contributed by atoms with Gasteiger partial charge >= 0.3 is 0 Å². The van der Waals surface area contributed by atoms with E-state index < -0.39 is 0 Å². The quantitative estimate of drug-likeness (QED) is 0.160. The summed E-state index contributed by atoms with van der Waals surface area (Å²) in [5, 5.41) is 5.08. The Hall–Kier alpha value is -7.16. The van der Waals surface area contributed by atoms with Crippen LogP contribution in [0.25, 0.3) is 93.9 Å². The van der Waals surface area contributed by atoms with E-state index in [-0.39, 0.29) is 0 Å². The molecule has 0 radical (unpaired) electrons. The number of nitrogens with zero attached hydrogens (tertiary/aromatic N) is 2. The van der Waals surface area contributed by atoms with E-state index in [0.717, 1.165) is 24.2 Å². The third kappa shape index (κ3) is 6.06. The van der Waals surface area contributed by atoms with Crippen LogP contribution in [0.1, 0.15) is 32.3 Å². The zero-order valence-corrected chi connectivity index (χ0v) is 32.9. The van der Waals surface area contributed by atoms with Gasteiger partial charge in [-0.15, -0.1) is 0 Å². The maximum atomic E-state index is 2.45. The molecule has 1 aliphatic carbocycles. The highest BCUT2D eigenvalue weighted by molar-refractivity contribution is 6.28. The monoisotopic (exact) mass is 744 g/mol. The fraction of sp³-hybridized carbons (Fsp3) is 0.0714. The van der Waals surface area contributed by atoms with Gasteiger partial charge < -0.3 is 9.13 Å². The van der Waals surface area contributed by atoms with Crippen molar-refractivity contribution in [3.05, 3.63) is 212 Å². The van der Waals surface area contributed by atoms with Crippen molar-refractivity contribution in [1.29, 1.82) is 0 Å². The Balaban J connectivity index is 0.00000201. The van der Waals surface area contributed by atoms with Crippen LogP contribution in [0.3, 0.4) is 0 Å². The van der Waals surface area contributed by atoms with E-state index in [1.165, 1.54) is 88.1 Å². The predicted octanol–water partition coefficient (Wildman–Crippen LogP) is 15.6. The summed E-state index contributed by atoms with van der Waals surface area (Å²) in [7, 11) is 0. The van der Waals surface area contributed by atoms with Crippen molar-refractivity contribution in [2.75, 3.05) is 0 Å². The van der Waals surface area contributed by atoms with Gasteiger partial charge in [0.15, 0.2) is 0 Å². The molecule has 0 bridgehead atoms. The van der Waals surface area contributed by atoms with Crippen LogP contribution in [0, 0.1) is 0 Å². The fourth-order valence-corrected chi connectivity index (χ4v) is 8.89. The van der Waals surface area contributed by atoms with Crippen LogP contribution in [0.15, 0.2) is 206 Å². The van der Waals surface area contributed by atoms with E-state index in [4.69, 9.17) is 0 Å². The Morgan fingerprint density at radius 3 is 1.43 bits per heavy atom. The van der Waals surface area contributed by atoms with Gasteiger partial charge in [0.25, 0.3) is 0 Å². The average molecular weight is 745 g/mol. The molecule has 0 unspecified atom stereocenters. The number of para-hydroxylation sites is 2. The number of hydrogen-bond acceptors (Lipinski definition) is 0. The minimum Gasteiger partial charge on any atom is -0.309 e. The first-order valence-electron chi connectivity index (χ1n) is 20.6. The molecule has 0 saturated heterocycles. The summed E-state index contributed by atoms with van der Waals surface area (Å²) in [5.74, 6) is 0. The molecule has 0 atom stereocenters. The maximum absolute atomic E-state index is 2.45. The van der Waals surface area contributed by atoms with Crippen molar-refractivity contribution in [2.45, 2.75) is 26.7 Å². The molecule has 10 aromatic rings. The lowest BCUT2D eigenvalue weighted by Crippen LogP contribution is -1.95. The number of allylic oxidation sites excluding steroid dienone is 4. The molecule has 0 saturated carbocycles. The van der Waals surface area contributed by atoms with Gasteiger partial charge in [0, 0.05) is 32.9 Å². The summed E-state index contributed by atoms with van der Waals surface area (Å²) >= 11 is 0. The number of rotatable bonds is 6. The largest absolute Gasteiger partial charge is 0.309 e. The number of aromatic nitrogens is 2. The molecule has 1 aliphatic rings. The molecule has 11 rings (SSSR count).